The van der Waals surface area contributed by atoms with E-state index < -0.39 is 33.0 Å². The van der Waals surface area contributed by atoms with Gasteiger partial charge in [-0.25, -0.2) is 4.21 Å². The molecule has 1 aromatic heterocycles. The van der Waals surface area contributed by atoms with E-state index in [-0.39, 0.29) is 20.9 Å². The first kappa shape index (κ1) is 22.3. The SMILES string of the molecule is O=S(c1cc(Br)cc(Br)c1Cc1ccccn1)C(F)(F)C(F)(F)C(F)(F)F. The highest BCUT2D eigenvalue weighted by Gasteiger charge is 2.76. The van der Waals surface area contributed by atoms with Crippen molar-refractivity contribution in [3.05, 3.63) is 56.7 Å². The summed E-state index contributed by atoms with van der Waals surface area (Å²) in [4.78, 5) is 3.08. The average Bonchev–Trinajstić information content (AvgIpc) is 2.56. The molecule has 0 aliphatic rings. The van der Waals surface area contributed by atoms with E-state index in [4.69, 9.17) is 0 Å². The van der Waals surface area contributed by atoms with E-state index >= 15 is 0 Å². The van der Waals surface area contributed by atoms with Crippen molar-refractivity contribution < 1.29 is 34.9 Å². The third kappa shape index (κ3) is 4.37. The van der Waals surface area contributed by atoms with Gasteiger partial charge in [-0.05, 0) is 29.8 Å². The molecule has 0 N–H and O–H groups in total. The Bertz CT molecular complexity index is 859. The number of hydrogen-bond donors (Lipinski definition) is 0. The lowest BCUT2D eigenvalue weighted by molar-refractivity contribution is -0.331. The van der Waals surface area contributed by atoms with Crippen molar-refractivity contribution in [2.45, 2.75) is 28.7 Å². The summed E-state index contributed by atoms with van der Waals surface area (Å²) in [6, 6.07) is 6.80. The van der Waals surface area contributed by atoms with E-state index in [1.165, 1.54) is 18.3 Å². The van der Waals surface area contributed by atoms with Crippen molar-refractivity contribution in [1.29, 1.82) is 0 Å². The van der Waals surface area contributed by atoms with E-state index in [1.54, 1.807) is 12.1 Å². The van der Waals surface area contributed by atoms with Gasteiger partial charge in [0.05, 0.1) is 4.90 Å². The van der Waals surface area contributed by atoms with Crippen molar-refractivity contribution in [1.82, 2.24) is 4.98 Å². The maximum atomic E-state index is 13.9. The van der Waals surface area contributed by atoms with Crippen LogP contribution in [0, 0.1) is 0 Å². The van der Waals surface area contributed by atoms with Gasteiger partial charge in [0.1, 0.15) is 10.8 Å². The van der Waals surface area contributed by atoms with E-state index in [2.05, 4.69) is 36.8 Å². The number of aromatic nitrogens is 1. The van der Waals surface area contributed by atoms with E-state index in [0.717, 1.165) is 6.07 Å². The van der Waals surface area contributed by atoms with Gasteiger partial charge in [-0.1, -0.05) is 37.9 Å². The topological polar surface area (TPSA) is 30.0 Å². The van der Waals surface area contributed by atoms with Crippen LogP contribution in [0.25, 0.3) is 0 Å². The maximum absolute atomic E-state index is 13.9. The Kier molecular flexibility index (Phi) is 6.42. The second-order valence-corrected chi connectivity index (χ2v) is 8.48. The molecule has 2 aromatic rings. The summed E-state index contributed by atoms with van der Waals surface area (Å²) < 4.78 is 104. The van der Waals surface area contributed by atoms with Crippen LogP contribution in [0.2, 0.25) is 0 Å². The Morgan fingerprint density at radius 1 is 1.00 bits per heavy atom. The third-order valence-electron chi connectivity index (χ3n) is 3.36. The van der Waals surface area contributed by atoms with Crippen LogP contribution in [0.5, 0.6) is 0 Å². The van der Waals surface area contributed by atoms with Crippen LogP contribution in [-0.4, -0.2) is 26.5 Å². The van der Waals surface area contributed by atoms with Gasteiger partial charge in [0, 0.05) is 27.3 Å². The summed E-state index contributed by atoms with van der Waals surface area (Å²) in [7, 11) is -4.01. The van der Waals surface area contributed by atoms with Crippen LogP contribution in [0.4, 0.5) is 30.7 Å². The highest BCUT2D eigenvalue weighted by molar-refractivity contribution is 9.11. The number of rotatable bonds is 5. The molecule has 2 nitrogen and oxygen atoms in total. The molecule has 0 spiro atoms. The van der Waals surface area contributed by atoms with E-state index in [1.807, 2.05) is 0 Å². The lowest BCUT2D eigenvalue weighted by atomic mass is 10.1. The Morgan fingerprint density at radius 3 is 2.15 bits per heavy atom. The Hall–Kier alpha value is -1.01. The largest absolute Gasteiger partial charge is 0.461 e. The van der Waals surface area contributed by atoms with Gasteiger partial charge in [-0.3, -0.25) is 4.98 Å². The molecule has 12 heteroatoms. The molecule has 0 radical (unpaired) electrons. The predicted octanol–water partition coefficient (Wildman–Crippen LogP) is 6.10. The summed E-state index contributed by atoms with van der Waals surface area (Å²) in [6.07, 6.45) is -5.41. The summed E-state index contributed by atoms with van der Waals surface area (Å²) in [5.41, 5.74) is 0.164. The number of pyridine rings is 1. The predicted molar refractivity (Wildman–Crippen MR) is 91.2 cm³/mol. The molecule has 2 rings (SSSR count). The standard InChI is InChI=1S/C15H8Br2F7NOS/c16-8-5-11(17)10(7-9-3-1-2-4-25-9)12(6-8)27(26)15(23,24)13(18,19)14(20,21)22/h1-6H,7H2. The molecule has 0 aliphatic carbocycles. The number of hydrogen-bond acceptors (Lipinski definition) is 2. The van der Waals surface area contributed by atoms with Gasteiger partial charge in [0.2, 0.25) is 0 Å². The van der Waals surface area contributed by atoms with Crippen molar-refractivity contribution in [2.75, 3.05) is 0 Å². The molecule has 0 saturated carbocycles. The first-order chi connectivity index (χ1) is 12.3. The maximum Gasteiger partial charge on any atom is 0.461 e. The molecule has 0 aliphatic heterocycles. The smallest absolute Gasteiger partial charge is 0.261 e. The fourth-order valence-electron chi connectivity index (χ4n) is 2.02. The molecule has 1 heterocycles. The van der Waals surface area contributed by atoms with Crippen molar-refractivity contribution in [3.63, 3.8) is 0 Å². The summed E-state index contributed by atoms with van der Waals surface area (Å²) in [6.45, 7) is 0. The van der Waals surface area contributed by atoms with Gasteiger partial charge in [-0.15, -0.1) is 0 Å². The third-order valence-corrected chi connectivity index (χ3v) is 6.01. The van der Waals surface area contributed by atoms with Crippen LogP contribution in [-0.2, 0) is 17.2 Å². The fraction of sp³-hybridized carbons (Fsp3) is 0.267. The molecular weight excluding hydrogens is 535 g/mol. The minimum Gasteiger partial charge on any atom is -0.261 e. The molecule has 0 saturated heterocycles. The summed E-state index contributed by atoms with van der Waals surface area (Å²) >= 11 is 5.96. The normalized spacial score (nSPS) is 14.3. The van der Waals surface area contributed by atoms with Gasteiger partial charge < -0.3 is 0 Å². The minimum atomic E-state index is -6.57. The molecule has 1 unspecified atom stereocenters. The number of nitrogens with zero attached hydrogens (tertiary/aromatic N) is 1. The lowest BCUT2D eigenvalue weighted by Crippen LogP contribution is -2.54. The van der Waals surface area contributed by atoms with E-state index in [9.17, 15) is 34.9 Å². The second kappa shape index (κ2) is 7.78. The first-order valence-corrected chi connectivity index (χ1v) is 9.64. The zero-order valence-electron chi connectivity index (χ0n) is 12.8. The van der Waals surface area contributed by atoms with Crippen LogP contribution in [0.15, 0.2) is 50.4 Å². The van der Waals surface area contributed by atoms with E-state index in [0.29, 0.717) is 5.69 Å². The van der Waals surface area contributed by atoms with Crippen LogP contribution in [0.3, 0.4) is 0 Å². The van der Waals surface area contributed by atoms with Crippen LogP contribution in [0.1, 0.15) is 11.3 Å². The lowest BCUT2D eigenvalue weighted by Gasteiger charge is -2.28. The highest BCUT2D eigenvalue weighted by atomic mass is 79.9. The molecule has 27 heavy (non-hydrogen) atoms. The molecule has 0 bridgehead atoms. The van der Waals surface area contributed by atoms with Crippen molar-refractivity contribution >= 4 is 42.7 Å². The van der Waals surface area contributed by atoms with Crippen LogP contribution >= 0.6 is 31.9 Å². The molecule has 1 atom stereocenters. The monoisotopic (exact) mass is 541 g/mol. The molecule has 1 aromatic carbocycles. The molecule has 148 valence electrons. The average molecular weight is 543 g/mol. The summed E-state index contributed by atoms with van der Waals surface area (Å²) in [5, 5.41) is -5.88. The zero-order chi connectivity index (χ0) is 20.6. The zero-order valence-corrected chi connectivity index (χ0v) is 16.8. The summed E-state index contributed by atoms with van der Waals surface area (Å²) in [5.74, 6) is -6.48. The number of benzene rings is 1. The number of halogens is 9. The highest BCUT2D eigenvalue weighted by Crippen LogP contribution is 2.50. The Balaban J connectivity index is 2.59. The first-order valence-electron chi connectivity index (χ1n) is 6.91. The quantitative estimate of drug-likeness (QED) is 0.428. The number of alkyl halides is 7. The van der Waals surface area contributed by atoms with Gasteiger partial charge in [-0.2, -0.15) is 30.7 Å². The van der Waals surface area contributed by atoms with Gasteiger partial charge >= 0.3 is 17.4 Å². The Labute approximate surface area is 167 Å². The van der Waals surface area contributed by atoms with Gasteiger partial charge in [0.25, 0.3) is 0 Å². The molecular formula is C15H8Br2F7NOS. The van der Waals surface area contributed by atoms with Crippen LogP contribution < -0.4 is 0 Å². The second-order valence-electron chi connectivity index (χ2n) is 5.22. The van der Waals surface area contributed by atoms with Crippen molar-refractivity contribution in [3.8, 4) is 0 Å². The molecule has 0 fully saturated rings. The minimum absolute atomic E-state index is 0.0635. The van der Waals surface area contributed by atoms with Gasteiger partial charge in [0.15, 0.2) is 0 Å². The fourth-order valence-corrected chi connectivity index (χ4v) is 4.93. The van der Waals surface area contributed by atoms with Crippen molar-refractivity contribution in [2.24, 2.45) is 0 Å². The molecule has 0 amide bonds. The Morgan fingerprint density at radius 2 is 1.63 bits per heavy atom.